The molecule has 0 radical (unpaired) electrons. The van der Waals surface area contributed by atoms with Crippen LogP contribution in [0, 0.1) is 0 Å². The predicted octanol–water partition coefficient (Wildman–Crippen LogP) is 3.00. The maximum Gasteiger partial charge on any atom is 0.343 e. The third kappa shape index (κ3) is 4.63. The standard InChI is InChI=1S/C17H17NO4/c1-20-16-5-3-4-14(10-16)18-11-13-6-8-15(9-7-13)22-12-17(19)21-2/h3-11H,12H2,1-2H3. The molecule has 2 aromatic rings. The van der Waals surface area contributed by atoms with Crippen molar-refractivity contribution < 1.29 is 19.0 Å². The molecule has 2 aromatic carbocycles. The lowest BCUT2D eigenvalue weighted by atomic mass is 10.2. The van der Waals surface area contributed by atoms with E-state index >= 15 is 0 Å². The molecule has 5 nitrogen and oxygen atoms in total. The number of esters is 1. The van der Waals surface area contributed by atoms with E-state index in [2.05, 4.69) is 9.73 Å². The Morgan fingerprint density at radius 1 is 1.09 bits per heavy atom. The molecule has 22 heavy (non-hydrogen) atoms. The van der Waals surface area contributed by atoms with Crippen LogP contribution in [0.3, 0.4) is 0 Å². The van der Waals surface area contributed by atoms with Gasteiger partial charge in [0.15, 0.2) is 6.61 Å². The van der Waals surface area contributed by atoms with E-state index in [-0.39, 0.29) is 6.61 Å². The van der Waals surface area contributed by atoms with Gasteiger partial charge in [-0.1, -0.05) is 6.07 Å². The van der Waals surface area contributed by atoms with Gasteiger partial charge in [-0.05, 0) is 42.0 Å². The number of hydrogen-bond acceptors (Lipinski definition) is 5. The molecule has 0 saturated carbocycles. The molecule has 0 aliphatic heterocycles. The molecule has 0 spiro atoms. The number of carbonyl (C=O) groups is 1. The zero-order valence-electron chi connectivity index (χ0n) is 12.5. The van der Waals surface area contributed by atoms with Gasteiger partial charge in [-0.3, -0.25) is 4.99 Å². The molecule has 0 fully saturated rings. The summed E-state index contributed by atoms with van der Waals surface area (Å²) in [5, 5.41) is 0. The number of hydrogen-bond donors (Lipinski definition) is 0. The molecule has 0 aliphatic rings. The van der Waals surface area contributed by atoms with Crippen LogP contribution in [0.1, 0.15) is 5.56 Å². The maximum absolute atomic E-state index is 11.0. The zero-order chi connectivity index (χ0) is 15.8. The summed E-state index contributed by atoms with van der Waals surface area (Å²) in [6, 6.07) is 14.8. The van der Waals surface area contributed by atoms with Crippen molar-refractivity contribution in [2.45, 2.75) is 0 Å². The third-order valence-electron chi connectivity index (χ3n) is 2.88. The van der Waals surface area contributed by atoms with Crippen LogP contribution in [0.2, 0.25) is 0 Å². The molecule has 0 aliphatic carbocycles. The van der Waals surface area contributed by atoms with Crippen molar-refractivity contribution in [3.63, 3.8) is 0 Å². The third-order valence-corrected chi connectivity index (χ3v) is 2.88. The Labute approximate surface area is 129 Å². The number of rotatable bonds is 6. The van der Waals surface area contributed by atoms with Crippen molar-refractivity contribution in [1.29, 1.82) is 0 Å². The molecular weight excluding hydrogens is 282 g/mol. The Balaban J connectivity index is 1.98. The molecule has 0 aromatic heterocycles. The quantitative estimate of drug-likeness (QED) is 0.608. The molecular formula is C17H17NO4. The second-order valence-corrected chi connectivity index (χ2v) is 4.39. The SMILES string of the molecule is COC(=O)COc1ccc(C=Nc2cccc(OC)c2)cc1. The molecule has 2 rings (SSSR count). The number of ether oxygens (including phenoxy) is 3. The molecule has 0 amide bonds. The fraction of sp³-hybridized carbons (Fsp3) is 0.176. The van der Waals surface area contributed by atoms with Crippen molar-refractivity contribution in [3.05, 3.63) is 54.1 Å². The number of nitrogens with zero attached hydrogens (tertiary/aromatic N) is 1. The first-order valence-electron chi connectivity index (χ1n) is 6.69. The highest BCUT2D eigenvalue weighted by molar-refractivity contribution is 5.82. The summed E-state index contributed by atoms with van der Waals surface area (Å²) in [6.45, 7) is -0.103. The van der Waals surface area contributed by atoms with Gasteiger partial charge >= 0.3 is 5.97 Å². The summed E-state index contributed by atoms with van der Waals surface area (Å²) in [5.74, 6) is 0.953. The Kier molecular flexibility index (Phi) is 5.54. The van der Waals surface area contributed by atoms with Gasteiger partial charge in [0.05, 0.1) is 19.9 Å². The Hall–Kier alpha value is -2.82. The predicted molar refractivity (Wildman–Crippen MR) is 84.2 cm³/mol. The number of methoxy groups -OCH3 is 2. The fourth-order valence-electron chi connectivity index (χ4n) is 1.69. The van der Waals surface area contributed by atoms with Crippen LogP contribution >= 0.6 is 0 Å². The van der Waals surface area contributed by atoms with Crippen molar-refractivity contribution in [2.75, 3.05) is 20.8 Å². The summed E-state index contributed by atoms with van der Waals surface area (Å²) < 4.78 is 14.9. The molecule has 0 heterocycles. The topological polar surface area (TPSA) is 57.1 Å². The smallest absolute Gasteiger partial charge is 0.343 e. The van der Waals surface area contributed by atoms with Crippen LogP contribution in [0.5, 0.6) is 11.5 Å². The monoisotopic (exact) mass is 299 g/mol. The van der Waals surface area contributed by atoms with Crippen molar-refractivity contribution >= 4 is 17.9 Å². The van der Waals surface area contributed by atoms with E-state index in [1.807, 2.05) is 36.4 Å². The number of benzene rings is 2. The summed E-state index contributed by atoms with van der Waals surface area (Å²) in [4.78, 5) is 15.4. The van der Waals surface area contributed by atoms with Crippen molar-refractivity contribution in [3.8, 4) is 11.5 Å². The second kappa shape index (κ2) is 7.83. The molecule has 0 bridgehead atoms. The summed E-state index contributed by atoms with van der Waals surface area (Å²) in [7, 11) is 2.94. The molecule has 0 N–H and O–H groups in total. The normalized spacial score (nSPS) is 10.5. The average molecular weight is 299 g/mol. The molecule has 5 heteroatoms. The summed E-state index contributed by atoms with van der Waals surface area (Å²) in [6.07, 6.45) is 1.75. The summed E-state index contributed by atoms with van der Waals surface area (Å²) in [5.41, 5.74) is 1.73. The average Bonchev–Trinajstić information content (AvgIpc) is 2.58. The van der Waals surface area contributed by atoms with E-state index in [4.69, 9.17) is 9.47 Å². The van der Waals surface area contributed by atoms with Gasteiger partial charge < -0.3 is 14.2 Å². The fourth-order valence-corrected chi connectivity index (χ4v) is 1.69. The Bertz CT molecular complexity index is 650. The van der Waals surface area contributed by atoms with Crippen molar-refractivity contribution in [2.24, 2.45) is 4.99 Å². The van der Waals surface area contributed by atoms with Crippen LogP contribution in [0.25, 0.3) is 0 Å². The first kappa shape index (κ1) is 15.6. The van der Waals surface area contributed by atoms with Crippen molar-refractivity contribution in [1.82, 2.24) is 0 Å². The first-order chi connectivity index (χ1) is 10.7. The summed E-state index contributed by atoms with van der Waals surface area (Å²) >= 11 is 0. The van der Waals surface area contributed by atoms with Gasteiger partial charge in [-0.15, -0.1) is 0 Å². The van der Waals surface area contributed by atoms with E-state index in [0.29, 0.717) is 5.75 Å². The van der Waals surface area contributed by atoms with E-state index in [1.165, 1.54) is 7.11 Å². The highest BCUT2D eigenvalue weighted by atomic mass is 16.6. The minimum atomic E-state index is -0.413. The largest absolute Gasteiger partial charge is 0.497 e. The maximum atomic E-state index is 11.0. The van der Waals surface area contributed by atoms with Gasteiger partial charge in [-0.2, -0.15) is 0 Å². The van der Waals surface area contributed by atoms with Crippen LogP contribution in [0.4, 0.5) is 5.69 Å². The lowest BCUT2D eigenvalue weighted by Gasteiger charge is -2.04. The molecule has 0 atom stereocenters. The second-order valence-electron chi connectivity index (χ2n) is 4.39. The minimum Gasteiger partial charge on any atom is -0.497 e. The Morgan fingerprint density at radius 3 is 2.55 bits per heavy atom. The lowest BCUT2D eigenvalue weighted by molar-refractivity contribution is -0.142. The van der Waals surface area contributed by atoms with Gasteiger partial charge in [-0.25, -0.2) is 4.79 Å². The van der Waals surface area contributed by atoms with E-state index < -0.39 is 5.97 Å². The highest BCUT2D eigenvalue weighted by Gasteiger charge is 2.01. The molecule has 0 saturated heterocycles. The van der Waals surface area contributed by atoms with Crippen LogP contribution in [-0.2, 0) is 9.53 Å². The van der Waals surface area contributed by atoms with Gasteiger partial charge in [0, 0.05) is 12.3 Å². The van der Waals surface area contributed by atoms with Gasteiger partial charge in [0.2, 0.25) is 0 Å². The van der Waals surface area contributed by atoms with Crippen LogP contribution < -0.4 is 9.47 Å². The lowest BCUT2D eigenvalue weighted by Crippen LogP contribution is -2.12. The Morgan fingerprint density at radius 2 is 1.86 bits per heavy atom. The first-order valence-corrected chi connectivity index (χ1v) is 6.69. The van der Waals surface area contributed by atoms with Crippen LogP contribution in [-0.4, -0.2) is 33.0 Å². The molecule has 114 valence electrons. The van der Waals surface area contributed by atoms with E-state index in [0.717, 1.165) is 17.0 Å². The van der Waals surface area contributed by atoms with Crippen LogP contribution in [0.15, 0.2) is 53.5 Å². The highest BCUT2D eigenvalue weighted by Crippen LogP contribution is 2.19. The zero-order valence-corrected chi connectivity index (χ0v) is 12.5. The van der Waals surface area contributed by atoms with E-state index in [1.54, 1.807) is 25.5 Å². The number of aliphatic imine (C=N–C) groups is 1. The van der Waals surface area contributed by atoms with Gasteiger partial charge in [0.1, 0.15) is 11.5 Å². The molecule has 0 unspecified atom stereocenters. The van der Waals surface area contributed by atoms with E-state index in [9.17, 15) is 4.79 Å². The minimum absolute atomic E-state index is 0.103. The van der Waals surface area contributed by atoms with Gasteiger partial charge in [0.25, 0.3) is 0 Å². The number of carbonyl (C=O) groups excluding carboxylic acids is 1.